The van der Waals surface area contributed by atoms with Gasteiger partial charge in [-0.2, -0.15) is 4.98 Å². The predicted octanol–water partition coefficient (Wildman–Crippen LogP) is 3.35. The summed E-state index contributed by atoms with van der Waals surface area (Å²) in [6, 6.07) is 6.14. The first kappa shape index (κ1) is 21.6. The summed E-state index contributed by atoms with van der Waals surface area (Å²) in [5.74, 6) is 1.11. The molecule has 2 fully saturated rings. The number of piperidine rings is 1. The van der Waals surface area contributed by atoms with Crippen LogP contribution in [-0.4, -0.2) is 68.7 Å². The Morgan fingerprint density at radius 1 is 1.09 bits per heavy atom. The van der Waals surface area contributed by atoms with Gasteiger partial charge in [0, 0.05) is 44.8 Å². The molecule has 3 aromatic rings. The van der Waals surface area contributed by atoms with Crippen LogP contribution in [0.25, 0.3) is 11.0 Å². The quantitative estimate of drug-likeness (QED) is 0.616. The van der Waals surface area contributed by atoms with Gasteiger partial charge in [-0.3, -0.25) is 4.79 Å². The van der Waals surface area contributed by atoms with E-state index in [-0.39, 0.29) is 18.1 Å². The number of amides is 1. The minimum Gasteiger partial charge on any atom is -0.393 e. The SMILES string of the molecule is CN(C)C(=O)c1cc2cnc(Nc3ccc(N4CCC(O)CC4)cn3)nc2n1C1CCCC1. The lowest BCUT2D eigenvalue weighted by Gasteiger charge is -2.31. The average Bonchev–Trinajstić information content (AvgIpc) is 3.47. The van der Waals surface area contributed by atoms with Gasteiger partial charge in [0.15, 0.2) is 0 Å². The number of aromatic nitrogens is 4. The maximum atomic E-state index is 12.9. The Morgan fingerprint density at radius 2 is 1.85 bits per heavy atom. The van der Waals surface area contributed by atoms with E-state index in [9.17, 15) is 9.90 Å². The zero-order valence-corrected chi connectivity index (χ0v) is 19.2. The average molecular weight is 450 g/mol. The number of aliphatic hydroxyl groups is 1. The molecule has 0 aromatic carbocycles. The Labute approximate surface area is 193 Å². The Bertz CT molecular complexity index is 1130. The first-order valence-corrected chi connectivity index (χ1v) is 11.8. The minimum atomic E-state index is -0.195. The third-order valence-electron chi connectivity index (χ3n) is 6.71. The standard InChI is InChI=1S/C24H31N7O2/c1-29(2)23(33)20-13-16-14-26-24(28-22(16)31(20)17-5-3-4-6-17)27-21-8-7-18(15-25-21)30-11-9-19(32)10-12-30/h7-8,13-15,17,19,32H,3-6,9-12H2,1-2H3,(H,25,26,27,28). The van der Waals surface area contributed by atoms with Gasteiger partial charge in [0.1, 0.15) is 17.2 Å². The molecule has 2 N–H and O–H groups in total. The van der Waals surface area contributed by atoms with Crippen LogP contribution in [-0.2, 0) is 0 Å². The van der Waals surface area contributed by atoms with E-state index >= 15 is 0 Å². The molecule has 0 radical (unpaired) electrons. The number of carbonyl (C=O) groups is 1. The first-order chi connectivity index (χ1) is 16.0. The summed E-state index contributed by atoms with van der Waals surface area (Å²) in [4.78, 5) is 30.5. The second-order valence-corrected chi connectivity index (χ2v) is 9.25. The second-order valence-electron chi connectivity index (χ2n) is 9.25. The predicted molar refractivity (Wildman–Crippen MR) is 128 cm³/mol. The number of nitrogens with zero attached hydrogens (tertiary/aromatic N) is 6. The number of fused-ring (bicyclic) bond motifs is 1. The number of aliphatic hydroxyl groups excluding tert-OH is 1. The molecule has 4 heterocycles. The molecule has 0 atom stereocenters. The fourth-order valence-electron chi connectivity index (χ4n) is 4.88. The smallest absolute Gasteiger partial charge is 0.270 e. The highest BCUT2D eigenvalue weighted by Gasteiger charge is 2.26. The molecule has 33 heavy (non-hydrogen) atoms. The van der Waals surface area contributed by atoms with Gasteiger partial charge in [-0.15, -0.1) is 0 Å². The molecular formula is C24H31N7O2. The summed E-state index contributed by atoms with van der Waals surface area (Å²) in [6.45, 7) is 1.67. The van der Waals surface area contributed by atoms with E-state index in [1.54, 1.807) is 25.2 Å². The van der Waals surface area contributed by atoms with Gasteiger partial charge in [0.25, 0.3) is 5.91 Å². The Kier molecular flexibility index (Phi) is 5.88. The van der Waals surface area contributed by atoms with E-state index in [1.165, 1.54) is 12.8 Å². The van der Waals surface area contributed by atoms with E-state index in [2.05, 4.69) is 24.8 Å². The topological polar surface area (TPSA) is 99.4 Å². The molecule has 1 saturated heterocycles. The van der Waals surface area contributed by atoms with Crippen LogP contribution >= 0.6 is 0 Å². The Hall–Kier alpha value is -3.20. The summed E-state index contributed by atoms with van der Waals surface area (Å²) >= 11 is 0. The molecule has 9 nitrogen and oxygen atoms in total. The van der Waals surface area contributed by atoms with Gasteiger partial charge in [0.05, 0.1) is 18.0 Å². The molecule has 3 aromatic heterocycles. The fraction of sp³-hybridized carbons (Fsp3) is 0.500. The molecule has 174 valence electrons. The molecule has 1 aliphatic heterocycles. The Balaban J connectivity index is 1.41. The third kappa shape index (κ3) is 4.37. The monoisotopic (exact) mass is 449 g/mol. The maximum Gasteiger partial charge on any atom is 0.270 e. The molecule has 2 aliphatic rings. The van der Waals surface area contributed by atoms with Crippen LogP contribution < -0.4 is 10.2 Å². The van der Waals surface area contributed by atoms with Gasteiger partial charge < -0.3 is 24.8 Å². The lowest BCUT2D eigenvalue weighted by atomic mass is 10.1. The number of carbonyl (C=O) groups excluding carboxylic acids is 1. The highest BCUT2D eigenvalue weighted by atomic mass is 16.3. The van der Waals surface area contributed by atoms with Crippen molar-refractivity contribution in [2.75, 3.05) is 37.4 Å². The van der Waals surface area contributed by atoms with Crippen LogP contribution in [0, 0.1) is 0 Å². The van der Waals surface area contributed by atoms with Crippen molar-refractivity contribution < 1.29 is 9.90 Å². The second kappa shape index (κ2) is 8.97. The molecule has 1 saturated carbocycles. The number of nitrogens with one attached hydrogen (secondary N) is 1. The molecule has 5 rings (SSSR count). The summed E-state index contributed by atoms with van der Waals surface area (Å²) in [5.41, 5.74) is 2.50. The van der Waals surface area contributed by atoms with Crippen molar-refractivity contribution in [3.63, 3.8) is 0 Å². The molecule has 1 amide bonds. The van der Waals surface area contributed by atoms with Crippen molar-refractivity contribution in [3.8, 4) is 0 Å². The van der Waals surface area contributed by atoms with Crippen molar-refractivity contribution in [1.29, 1.82) is 0 Å². The van der Waals surface area contributed by atoms with Crippen LogP contribution in [0.15, 0.2) is 30.6 Å². The minimum absolute atomic E-state index is 0.0168. The van der Waals surface area contributed by atoms with Crippen LogP contribution in [0.4, 0.5) is 17.5 Å². The molecular weight excluding hydrogens is 418 g/mol. The van der Waals surface area contributed by atoms with Crippen LogP contribution in [0.2, 0.25) is 0 Å². The van der Waals surface area contributed by atoms with Gasteiger partial charge >= 0.3 is 0 Å². The number of anilines is 3. The normalized spacial score (nSPS) is 17.6. The Morgan fingerprint density at radius 3 is 2.52 bits per heavy atom. The number of rotatable bonds is 5. The van der Waals surface area contributed by atoms with Crippen molar-refractivity contribution in [1.82, 2.24) is 24.4 Å². The summed E-state index contributed by atoms with van der Waals surface area (Å²) in [6.07, 6.45) is 9.44. The fourth-order valence-corrected chi connectivity index (χ4v) is 4.88. The van der Waals surface area contributed by atoms with Crippen molar-refractivity contribution in [2.45, 2.75) is 50.7 Å². The number of hydrogen-bond donors (Lipinski definition) is 2. The highest BCUT2D eigenvalue weighted by molar-refractivity contribution is 5.97. The van der Waals surface area contributed by atoms with Gasteiger partial charge in [-0.05, 0) is 43.9 Å². The van der Waals surface area contributed by atoms with Gasteiger partial charge in [-0.25, -0.2) is 9.97 Å². The first-order valence-electron chi connectivity index (χ1n) is 11.8. The lowest BCUT2D eigenvalue weighted by molar-refractivity contribution is 0.0815. The number of hydrogen-bond acceptors (Lipinski definition) is 7. The van der Waals surface area contributed by atoms with Crippen molar-refractivity contribution in [2.24, 2.45) is 0 Å². The van der Waals surface area contributed by atoms with E-state index in [4.69, 9.17) is 4.98 Å². The van der Waals surface area contributed by atoms with Crippen LogP contribution in [0.1, 0.15) is 55.1 Å². The zero-order chi connectivity index (χ0) is 22.9. The molecule has 9 heteroatoms. The third-order valence-corrected chi connectivity index (χ3v) is 6.71. The highest BCUT2D eigenvalue weighted by Crippen LogP contribution is 2.35. The summed E-state index contributed by atoms with van der Waals surface area (Å²) in [5, 5.41) is 13.8. The molecule has 0 unspecified atom stereocenters. The zero-order valence-electron chi connectivity index (χ0n) is 19.2. The van der Waals surface area contributed by atoms with Crippen molar-refractivity contribution in [3.05, 3.63) is 36.3 Å². The van der Waals surface area contributed by atoms with E-state index < -0.39 is 0 Å². The number of pyridine rings is 1. The summed E-state index contributed by atoms with van der Waals surface area (Å²) < 4.78 is 2.11. The maximum absolute atomic E-state index is 12.9. The van der Waals surface area contributed by atoms with E-state index in [0.29, 0.717) is 17.5 Å². The summed E-state index contributed by atoms with van der Waals surface area (Å²) in [7, 11) is 3.55. The van der Waals surface area contributed by atoms with Crippen molar-refractivity contribution >= 4 is 34.4 Å². The van der Waals surface area contributed by atoms with Gasteiger partial charge in [0.2, 0.25) is 5.95 Å². The van der Waals surface area contributed by atoms with Crippen LogP contribution in [0.5, 0.6) is 0 Å². The molecule has 0 bridgehead atoms. The van der Waals surface area contributed by atoms with E-state index in [1.807, 2.05) is 24.4 Å². The van der Waals surface area contributed by atoms with Crippen LogP contribution in [0.3, 0.4) is 0 Å². The molecule has 0 spiro atoms. The largest absolute Gasteiger partial charge is 0.393 e. The van der Waals surface area contributed by atoms with Gasteiger partial charge in [-0.1, -0.05) is 12.8 Å². The lowest BCUT2D eigenvalue weighted by Crippen LogP contribution is -2.35. The molecule has 1 aliphatic carbocycles. The van der Waals surface area contributed by atoms with E-state index in [0.717, 1.165) is 55.5 Å².